The standard InChI is InChI=1S/C15H16N8S/c1-10-17-18-13(22(10)2)5-7-16-12-3-4-14-19-20-15(23(14)21-12)11-6-8-24-9-11/h3-4,6,8-9H,5,7H2,1-2H3,(H,16,21). The van der Waals surface area contributed by atoms with E-state index in [1.165, 1.54) is 0 Å². The number of fused-ring (bicyclic) bond motifs is 1. The summed E-state index contributed by atoms with van der Waals surface area (Å²) in [6, 6.07) is 5.83. The number of thiophene rings is 1. The van der Waals surface area contributed by atoms with E-state index in [2.05, 4.69) is 30.8 Å². The van der Waals surface area contributed by atoms with Gasteiger partial charge >= 0.3 is 0 Å². The Morgan fingerprint density at radius 1 is 1.12 bits per heavy atom. The smallest absolute Gasteiger partial charge is 0.186 e. The summed E-state index contributed by atoms with van der Waals surface area (Å²) in [6.07, 6.45) is 0.774. The second-order valence-electron chi connectivity index (χ2n) is 5.42. The van der Waals surface area contributed by atoms with Crippen molar-refractivity contribution in [3.63, 3.8) is 0 Å². The largest absolute Gasteiger partial charge is 0.368 e. The van der Waals surface area contributed by atoms with Crippen molar-refractivity contribution in [3.05, 3.63) is 40.6 Å². The number of aryl methyl sites for hydroxylation is 1. The molecule has 24 heavy (non-hydrogen) atoms. The van der Waals surface area contributed by atoms with Crippen molar-refractivity contribution in [3.8, 4) is 11.4 Å². The summed E-state index contributed by atoms with van der Waals surface area (Å²) >= 11 is 1.63. The predicted octanol–water partition coefficient (Wildman–Crippen LogP) is 1.94. The third-order valence-corrected chi connectivity index (χ3v) is 4.56. The van der Waals surface area contributed by atoms with E-state index >= 15 is 0 Å². The van der Waals surface area contributed by atoms with Crippen LogP contribution in [0.25, 0.3) is 17.0 Å². The molecular formula is C15H16N8S. The summed E-state index contributed by atoms with van der Waals surface area (Å²) in [4.78, 5) is 0. The van der Waals surface area contributed by atoms with E-state index < -0.39 is 0 Å². The van der Waals surface area contributed by atoms with Gasteiger partial charge in [0, 0.05) is 31.0 Å². The molecule has 0 aliphatic heterocycles. The molecule has 0 atom stereocenters. The van der Waals surface area contributed by atoms with Gasteiger partial charge in [0.25, 0.3) is 0 Å². The maximum Gasteiger partial charge on any atom is 0.186 e. The van der Waals surface area contributed by atoms with Crippen LogP contribution in [0.1, 0.15) is 11.6 Å². The summed E-state index contributed by atoms with van der Waals surface area (Å²) in [6.45, 7) is 2.66. The van der Waals surface area contributed by atoms with Crippen molar-refractivity contribution >= 4 is 22.8 Å². The highest BCUT2D eigenvalue weighted by Crippen LogP contribution is 2.20. The number of nitrogens with zero attached hydrogens (tertiary/aromatic N) is 7. The maximum absolute atomic E-state index is 4.59. The highest BCUT2D eigenvalue weighted by atomic mass is 32.1. The van der Waals surface area contributed by atoms with Crippen LogP contribution < -0.4 is 5.32 Å². The Balaban J connectivity index is 1.52. The Morgan fingerprint density at radius 2 is 2.04 bits per heavy atom. The number of anilines is 1. The SMILES string of the molecule is Cc1nnc(CCNc2ccc3nnc(-c4ccsc4)n3n2)n1C. The number of hydrogen-bond acceptors (Lipinski definition) is 7. The van der Waals surface area contributed by atoms with Crippen LogP contribution >= 0.6 is 11.3 Å². The average Bonchev–Trinajstić information content (AvgIpc) is 3.30. The van der Waals surface area contributed by atoms with Crippen LogP contribution in [0, 0.1) is 6.92 Å². The number of rotatable bonds is 5. The van der Waals surface area contributed by atoms with E-state index in [1.54, 1.807) is 15.9 Å². The molecule has 0 radical (unpaired) electrons. The Bertz CT molecular complexity index is 969. The molecule has 122 valence electrons. The molecule has 0 unspecified atom stereocenters. The van der Waals surface area contributed by atoms with Gasteiger partial charge in [-0.05, 0) is 30.5 Å². The van der Waals surface area contributed by atoms with Gasteiger partial charge < -0.3 is 9.88 Å². The van der Waals surface area contributed by atoms with Gasteiger partial charge in [-0.2, -0.15) is 15.9 Å². The second-order valence-corrected chi connectivity index (χ2v) is 6.20. The Morgan fingerprint density at radius 3 is 2.79 bits per heavy atom. The number of hydrogen-bond donors (Lipinski definition) is 1. The Labute approximate surface area is 142 Å². The highest BCUT2D eigenvalue weighted by molar-refractivity contribution is 7.08. The molecule has 0 fully saturated rings. The zero-order valence-electron chi connectivity index (χ0n) is 13.3. The fraction of sp³-hybridized carbons (Fsp3) is 0.267. The van der Waals surface area contributed by atoms with Gasteiger partial charge in [0.15, 0.2) is 11.5 Å². The van der Waals surface area contributed by atoms with E-state index in [1.807, 2.05) is 47.5 Å². The minimum absolute atomic E-state index is 0.723. The van der Waals surface area contributed by atoms with Crippen molar-refractivity contribution in [2.24, 2.45) is 7.05 Å². The van der Waals surface area contributed by atoms with Gasteiger partial charge in [-0.15, -0.1) is 25.5 Å². The fourth-order valence-electron chi connectivity index (χ4n) is 2.43. The van der Waals surface area contributed by atoms with E-state index in [0.29, 0.717) is 0 Å². The van der Waals surface area contributed by atoms with Crippen LogP contribution in [0.3, 0.4) is 0 Å². The molecule has 0 saturated carbocycles. The quantitative estimate of drug-likeness (QED) is 0.597. The van der Waals surface area contributed by atoms with Crippen molar-refractivity contribution < 1.29 is 0 Å². The lowest BCUT2D eigenvalue weighted by Gasteiger charge is -2.06. The topological polar surface area (TPSA) is 85.8 Å². The molecule has 0 saturated heterocycles. The van der Waals surface area contributed by atoms with E-state index in [-0.39, 0.29) is 0 Å². The van der Waals surface area contributed by atoms with Crippen LogP contribution in [-0.4, -0.2) is 41.1 Å². The van der Waals surface area contributed by atoms with Gasteiger partial charge in [-0.3, -0.25) is 0 Å². The molecular weight excluding hydrogens is 324 g/mol. The van der Waals surface area contributed by atoms with Gasteiger partial charge in [0.05, 0.1) is 0 Å². The molecule has 0 amide bonds. The summed E-state index contributed by atoms with van der Waals surface area (Å²) in [5, 5.41) is 28.6. The minimum atomic E-state index is 0.723. The first-order valence-corrected chi connectivity index (χ1v) is 8.50. The first kappa shape index (κ1) is 14.8. The van der Waals surface area contributed by atoms with Crippen molar-refractivity contribution in [2.45, 2.75) is 13.3 Å². The van der Waals surface area contributed by atoms with Crippen LogP contribution in [0.4, 0.5) is 5.82 Å². The first-order valence-electron chi connectivity index (χ1n) is 7.56. The predicted molar refractivity (Wildman–Crippen MR) is 92.0 cm³/mol. The molecule has 4 rings (SSSR count). The third-order valence-electron chi connectivity index (χ3n) is 3.88. The second kappa shape index (κ2) is 6.00. The fourth-order valence-corrected chi connectivity index (χ4v) is 3.06. The molecule has 0 aromatic carbocycles. The summed E-state index contributed by atoms with van der Waals surface area (Å²) in [7, 11) is 1.97. The van der Waals surface area contributed by atoms with Crippen molar-refractivity contribution in [1.82, 2.24) is 34.6 Å². The Kier molecular flexibility index (Phi) is 3.69. The third kappa shape index (κ3) is 2.62. The average molecular weight is 340 g/mol. The van der Waals surface area contributed by atoms with E-state index in [9.17, 15) is 0 Å². The summed E-state index contributed by atoms with van der Waals surface area (Å²) in [5.74, 6) is 3.38. The molecule has 1 N–H and O–H groups in total. The minimum Gasteiger partial charge on any atom is -0.368 e. The highest BCUT2D eigenvalue weighted by Gasteiger charge is 2.10. The summed E-state index contributed by atoms with van der Waals surface area (Å²) in [5.41, 5.74) is 1.75. The van der Waals surface area contributed by atoms with E-state index in [4.69, 9.17) is 0 Å². The number of aromatic nitrogens is 7. The summed E-state index contributed by atoms with van der Waals surface area (Å²) < 4.78 is 3.75. The van der Waals surface area contributed by atoms with Crippen molar-refractivity contribution in [1.29, 1.82) is 0 Å². The van der Waals surface area contributed by atoms with Crippen LogP contribution in [0.2, 0.25) is 0 Å². The Hall–Kier alpha value is -2.81. The molecule has 4 aromatic heterocycles. The number of nitrogens with one attached hydrogen (secondary N) is 1. The lowest BCUT2D eigenvalue weighted by Crippen LogP contribution is -2.11. The normalized spacial score (nSPS) is 11.2. The van der Waals surface area contributed by atoms with Crippen LogP contribution in [0.5, 0.6) is 0 Å². The zero-order chi connectivity index (χ0) is 16.5. The lowest BCUT2D eigenvalue weighted by molar-refractivity contribution is 0.768. The molecule has 8 nitrogen and oxygen atoms in total. The molecule has 4 heterocycles. The maximum atomic E-state index is 4.59. The molecule has 4 aromatic rings. The molecule has 0 bridgehead atoms. The first-order chi connectivity index (χ1) is 11.7. The molecule has 0 aliphatic rings. The van der Waals surface area contributed by atoms with Gasteiger partial charge in [0.1, 0.15) is 17.5 Å². The van der Waals surface area contributed by atoms with Crippen molar-refractivity contribution in [2.75, 3.05) is 11.9 Å². The monoisotopic (exact) mass is 340 g/mol. The molecule has 0 spiro atoms. The zero-order valence-corrected chi connectivity index (χ0v) is 14.2. The molecule has 9 heteroatoms. The van der Waals surface area contributed by atoms with Crippen LogP contribution in [-0.2, 0) is 13.5 Å². The molecule has 0 aliphatic carbocycles. The van der Waals surface area contributed by atoms with Gasteiger partial charge in [0.2, 0.25) is 0 Å². The van der Waals surface area contributed by atoms with Crippen LogP contribution in [0.15, 0.2) is 29.0 Å². The van der Waals surface area contributed by atoms with Gasteiger partial charge in [-0.1, -0.05) is 0 Å². The van der Waals surface area contributed by atoms with Gasteiger partial charge in [-0.25, -0.2) is 0 Å². The lowest BCUT2D eigenvalue weighted by atomic mass is 10.3. The van der Waals surface area contributed by atoms with E-state index in [0.717, 1.165) is 47.5 Å².